The Bertz CT molecular complexity index is 1520. The molecule has 3 heterocycles. The molecule has 8 nitrogen and oxygen atoms in total. The minimum atomic E-state index is -0.809. The lowest BCUT2D eigenvalue weighted by atomic mass is 9.72. The van der Waals surface area contributed by atoms with E-state index in [1.165, 1.54) is 16.0 Å². The first-order valence-corrected chi connectivity index (χ1v) is 14.8. The van der Waals surface area contributed by atoms with Gasteiger partial charge in [-0.15, -0.1) is 0 Å². The molecule has 220 valence electrons. The lowest BCUT2D eigenvalue weighted by Crippen LogP contribution is -2.52. The summed E-state index contributed by atoms with van der Waals surface area (Å²) in [6.45, 7) is 6.15. The molecule has 2 aromatic carbocycles. The molecule has 0 bridgehead atoms. The minimum Gasteiger partial charge on any atom is -0.322 e. The number of nitrogens with zero attached hydrogens (tertiary/aromatic N) is 3. The topological polar surface area (TPSA) is 90.0 Å². The number of nitrogens with one attached hydrogen (secondary N) is 1. The summed E-state index contributed by atoms with van der Waals surface area (Å²) in [7, 11) is 0. The molecule has 4 aliphatic rings. The van der Waals surface area contributed by atoms with E-state index in [1.54, 1.807) is 17.0 Å². The number of carbonyl (C=O) groups is 4. The second-order valence-electron chi connectivity index (χ2n) is 12.5. The molecule has 2 fully saturated rings. The van der Waals surface area contributed by atoms with Crippen molar-refractivity contribution in [3.63, 3.8) is 0 Å². The fourth-order valence-corrected chi connectivity index (χ4v) is 6.73. The molecule has 2 aromatic rings. The molecule has 1 N–H and O–H groups in total. The average molecular weight is 593 g/mol. The molecule has 3 aliphatic heterocycles. The summed E-state index contributed by atoms with van der Waals surface area (Å²) in [5.41, 5.74) is 4.60. The summed E-state index contributed by atoms with van der Waals surface area (Å²) in [4.78, 5) is 55.2. The standard InChI is InChI=1S/C32H34ClFN4O4/c1-32(2)12-11-20(24(15-32)19-3-6-22(33)7-4-19)16-36-13-14-37(31(36)42)17-21-5-8-23-25(28(21)34)18-38(30(23)41)26-9-10-27(39)35-29(26)40/h3-8,26H,9-18H2,1-2H3,(H,35,39,40). The second-order valence-corrected chi connectivity index (χ2v) is 13.0. The fraction of sp³-hybridized carbons (Fsp3) is 0.438. The zero-order chi connectivity index (χ0) is 29.8. The van der Waals surface area contributed by atoms with Crippen LogP contribution in [0.4, 0.5) is 9.18 Å². The van der Waals surface area contributed by atoms with E-state index in [-0.39, 0.29) is 54.4 Å². The van der Waals surface area contributed by atoms with Gasteiger partial charge in [0.1, 0.15) is 11.9 Å². The molecule has 2 saturated heterocycles. The number of fused-ring (bicyclic) bond motifs is 1. The Labute approximate surface area is 249 Å². The van der Waals surface area contributed by atoms with Crippen LogP contribution in [0.5, 0.6) is 0 Å². The van der Waals surface area contributed by atoms with Crippen molar-refractivity contribution in [2.45, 2.75) is 65.1 Å². The number of benzene rings is 2. The fourth-order valence-electron chi connectivity index (χ4n) is 6.60. The molecule has 6 rings (SSSR count). The summed E-state index contributed by atoms with van der Waals surface area (Å²) in [5.74, 6) is -1.85. The maximum absolute atomic E-state index is 15.7. The quantitative estimate of drug-likeness (QED) is 0.470. The van der Waals surface area contributed by atoms with Crippen LogP contribution in [0, 0.1) is 11.2 Å². The van der Waals surface area contributed by atoms with Crippen molar-refractivity contribution in [3.8, 4) is 0 Å². The predicted octanol–water partition coefficient (Wildman–Crippen LogP) is 5.14. The molecule has 5 amide bonds. The minimum absolute atomic E-state index is 0.0435. The van der Waals surface area contributed by atoms with Crippen LogP contribution in [0.1, 0.15) is 73.0 Å². The first-order chi connectivity index (χ1) is 20.0. The predicted molar refractivity (Wildman–Crippen MR) is 156 cm³/mol. The largest absolute Gasteiger partial charge is 0.322 e. The number of carbonyl (C=O) groups excluding carboxylic acids is 4. The van der Waals surface area contributed by atoms with Gasteiger partial charge in [0, 0.05) is 47.8 Å². The van der Waals surface area contributed by atoms with Crippen LogP contribution in [0.2, 0.25) is 5.02 Å². The molecule has 0 spiro atoms. The molecule has 1 unspecified atom stereocenters. The van der Waals surface area contributed by atoms with Crippen molar-refractivity contribution in [2.24, 2.45) is 5.41 Å². The Balaban J connectivity index is 1.17. The maximum Gasteiger partial charge on any atom is 0.320 e. The highest BCUT2D eigenvalue weighted by atomic mass is 35.5. The second kappa shape index (κ2) is 10.8. The number of hydrogen-bond acceptors (Lipinski definition) is 4. The average Bonchev–Trinajstić information content (AvgIpc) is 3.46. The zero-order valence-electron chi connectivity index (χ0n) is 23.8. The summed E-state index contributed by atoms with van der Waals surface area (Å²) in [6, 6.07) is 10.1. The molecule has 1 aliphatic carbocycles. The lowest BCUT2D eigenvalue weighted by molar-refractivity contribution is -0.136. The molecule has 0 saturated carbocycles. The number of hydrogen-bond donors (Lipinski definition) is 1. The van der Waals surface area contributed by atoms with Gasteiger partial charge in [0.2, 0.25) is 11.8 Å². The van der Waals surface area contributed by atoms with Crippen LogP contribution in [-0.2, 0) is 22.7 Å². The van der Waals surface area contributed by atoms with Crippen LogP contribution in [0.25, 0.3) is 5.57 Å². The third-order valence-corrected chi connectivity index (χ3v) is 9.28. The Morgan fingerprint density at radius 3 is 2.40 bits per heavy atom. The van der Waals surface area contributed by atoms with Crippen LogP contribution in [-0.4, -0.2) is 64.1 Å². The number of piperidine rings is 1. The van der Waals surface area contributed by atoms with E-state index in [0.29, 0.717) is 30.2 Å². The Morgan fingerprint density at radius 2 is 1.69 bits per heavy atom. The molecular weight excluding hydrogens is 559 g/mol. The molecule has 0 radical (unpaired) electrons. The number of halogens is 2. The van der Waals surface area contributed by atoms with Gasteiger partial charge in [0.05, 0.1) is 13.1 Å². The SMILES string of the molecule is CC1(C)CCC(CN2CCN(Cc3ccc4c(c3F)CN(C3CCC(=O)NC3=O)C4=O)C2=O)=C(c2ccc(Cl)cc2)C1. The van der Waals surface area contributed by atoms with Crippen molar-refractivity contribution in [1.82, 2.24) is 20.0 Å². The van der Waals surface area contributed by atoms with Crippen LogP contribution < -0.4 is 5.32 Å². The van der Waals surface area contributed by atoms with Gasteiger partial charge in [-0.1, -0.05) is 43.6 Å². The molecule has 0 aromatic heterocycles. The van der Waals surface area contributed by atoms with E-state index in [4.69, 9.17) is 11.6 Å². The third kappa shape index (κ3) is 5.30. The van der Waals surface area contributed by atoms with Gasteiger partial charge >= 0.3 is 6.03 Å². The maximum atomic E-state index is 15.7. The summed E-state index contributed by atoms with van der Waals surface area (Å²) < 4.78 is 15.7. The van der Waals surface area contributed by atoms with Gasteiger partial charge in [-0.3, -0.25) is 19.7 Å². The van der Waals surface area contributed by atoms with Crippen LogP contribution >= 0.6 is 11.6 Å². The van der Waals surface area contributed by atoms with Gasteiger partial charge in [-0.05, 0) is 66.0 Å². The lowest BCUT2D eigenvalue weighted by Gasteiger charge is -2.35. The van der Waals surface area contributed by atoms with Gasteiger partial charge in [-0.2, -0.15) is 0 Å². The van der Waals surface area contributed by atoms with Crippen LogP contribution in [0.3, 0.4) is 0 Å². The van der Waals surface area contributed by atoms with Crippen LogP contribution in [0.15, 0.2) is 42.0 Å². The number of imide groups is 1. The van der Waals surface area contributed by atoms with E-state index in [1.807, 2.05) is 29.2 Å². The first kappa shape index (κ1) is 28.4. The van der Waals surface area contributed by atoms with Crippen molar-refractivity contribution < 1.29 is 23.6 Å². The molecule has 42 heavy (non-hydrogen) atoms. The van der Waals surface area contributed by atoms with E-state index < -0.39 is 23.7 Å². The van der Waals surface area contributed by atoms with Crippen molar-refractivity contribution in [2.75, 3.05) is 19.6 Å². The van der Waals surface area contributed by atoms with Crippen molar-refractivity contribution in [1.29, 1.82) is 0 Å². The number of urea groups is 1. The summed E-state index contributed by atoms with van der Waals surface area (Å²) in [5, 5.41) is 2.95. The zero-order valence-corrected chi connectivity index (χ0v) is 24.6. The Kier molecular flexibility index (Phi) is 7.33. The highest BCUT2D eigenvalue weighted by molar-refractivity contribution is 6.30. The Hall–Kier alpha value is -3.72. The third-order valence-electron chi connectivity index (χ3n) is 9.03. The summed E-state index contributed by atoms with van der Waals surface area (Å²) >= 11 is 6.14. The molecular formula is C32H34ClFN4O4. The highest BCUT2D eigenvalue weighted by Crippen LogP contribution is 2.43. The normalized spacial score (nSPS) is 22.3. The van der Waals surface area contributed by atoms with Crippen molar-refractivity contribution >= 4 is 40.9 Å². The Morgan fingerprint density at radius 1 is 0.976 bits per heavy atom. The van der Waals surface area contributed by atoms with Gasteiger partial charge in [-0.25, -0.2) is 9.18 Å². The van der Waals surface area contributed by atoms with E-state index in [2.05, 4.69) is 19.2 Å². The monoisotopic (exact) mass is 592 g/mol. The summed E-state index contributed by atoms with van der Waals surface area (Å²) in [6.07, 6.45) is 3.22. The van der Waals surface area contributed by atoms with E-state index >= 15 is 4.39 Å². The number of amides is 5. The molecule has 1 atom stereocenters. The van der Waals surface area contributed by atoms with Gasteiger partial charge in [0.25, 0.3) is 5.91 Å². The number of allylic oxidation sites excluding steroid dienone is 1. The molecule has 10 heteroatoms. The van der Waals surface area contributed by atoms with E-state index in [0.717, 1.165) is 24.8 Å². The van der Waals surface area contributed by atoms with E-state index in [9.17, 15) is 19.2 Å². The van der Waals surface area contributed by atoms with Gasteiger partial charge < -0.3 is 14.7 Å². The smallest absolute Gasteiger partial charge is 0.320 e. The highest BCUT2D eigenvalue weighted by Gasteiger charge is 2.41. The van der Waals surface area contributed by atoms with Crippen molar-refractivity contribution in [3.05, 3.63) is 75.1 Å². The number of rotatable bonds is 6. The first-order valence-electron chi connectivity index (χ1n) is 14.5. The van der Waals surface area contributed by atoms with Gasteiger partial charge in [0.15, 0.2) is 0 Å².